The molecule has 3 heterocycles. The number of nitrogens with one attached hydrogen (secondary N) is 1. The number of carbonyl (C=O) groups is 1. The molecule has 0 unspecified atom stereocenters. The number of piperidine rings is 1. The number of urea groups is 1. The molecule has 1 N–H and O–H groups in total. The highest BCUT2D eigenvalue weighted by Crippen LogP contribution is 2.26. The number of amides is 2. The fourth-order valence-corrected chi connectivity index (χ4v) is 3.12. The zero-order valence-electron chi connectivity index (χ0n) is 11.9. The molecule has 3 rings (SSSR count). The van der Waals surface area contributed by atoms with Crippen LogP contribution in [0.1, 0.15) is 12.8 Å². The fourth-order valence-electron chi connectivity index (χ4n) is 2.35. The van der Waals surface area contributed by atoms with E-state index in [1.807, 2.05) is 22.4 Å². The van der Waals surface area contributed by atoms with Crippen molar-refractivity contribution >= 4 is 34.0 Å². The number of likely N-dealkylation sites (tertiary alicyclic amines) is 1. The maximum absolute atomic E-state index is 12.1. The molecule has 2 amide bonds. The van der Waals surface area contributed by atoms with Crippen molar-refractivity contribution in [2.24, 2.45) is 0 Å². The average Bonchev–Trinajstić information content (AvgIpc) is 3.03. The van der Waals surface area contributed by atoms with Gasteiger partial charge in [0.1, 0.15) is 16.9 Å². The Kier molecular flexibility index (Phi) is 4.80. The van der Waals surface area contributed by atoms with Crippen LogP contribution in [0.5, 0.6) is 5.75 Å². The molecule has 5 nitrogen and oxygen atoms in total. The number of ether oxygens (including phenoxy) is 1. The second kappa shape index (κ2) is 6.98. The Balaban J connectivity index is 1.50. The molecule has 1 aliphatic heterocycles. The third kappa shape index (κ3) is 3.69. The lowest BCUT2D eigenvalue weighted by atomic mass is 10.1. The van der Waals surface area contributed by atoms with Crippen molar-refractivity contribution < 1.29 is 9.53 Å². The van der Waals surface area contributed by atoms with Gasteiger partial charge >= 0.3 is 6.03 Å². The predicted molar refractivity (Wildman–Crippen MR) is 87.8 cm³/mol. The van der Waals surface area contributed by atoms with Crippen LogP contribution in [0.15, 0.2) is 36.0 Å². The number of hydrogen-bond donors (Lipinski definition) is 1. The van der Waals surface area contributed by atoms with Gasteiger partial charge in [-0.25, -0.2) is 4.79 Å². The smallest absolute Gasteiger partial charge is 0.322 e. The van der Waals surface area contributed by atoms with Crippen LogP contribution in [0, 0.1) is 0 Å². The van der Waals surface area contributed by atoms with Gasteiger partial charge in [0.05, 0.1) is 5.00 Å². The van der Waals surface area contributed by atoms with E-state index in [4.69, 9.17) is 16.3 Å². The molecule has 0 saturated carbocycles. The molecule has 1 saturated heterocycles. The van der Waals surface area contributed by atoms with Crippen LogP contribution < -0.4 is 10.1 Å². The second-order valence-corrected chi connectivity index (χ2v) is 6.37. The lowest BCUT2D eigenvalue weighted by molar-refractivity contribution is 0.115. The van der Waals surface area contributed by atoms with Crippen LogP contribution in [0.2, 0.25) is 5.02 Å². The molecule has 22 heavy (non-hydrogen) atoms. The second-order valence-electron chi connectivity index (χ2n) is 5.02. The highest BCUT2D eigenvalue weighted by Gasteiger charge is 2.24. The van der Waals surface area contributed by atoms with E-state index in [0.717, 1.165) is 17.8 Å². The number of pyridine rings is 1. The van der Waals surface area contributed by atoms with Crippen molar-refractivity contribution in [2.45, 2.75) is 18.9 Å². The van der Waals surface area contributed by atoms with Gasteiger partial charge in [-0.2, -0.15) is 0 Å². The number of aromatic nitrogens is 1. The minimum atomic E-state index is -0.0529. The first-order valence-electron chi connectivity index (χ1n) is 7.08. The normalized spacial score (nSPS) is 15.6. The minimum Gasteiger partial charge on any atom is -0.489 e. The van der Waals surface area contributed by atoms with E-state index in [1.54, 1.807) is 18.5 Å². The Morgan fingerprint density at radius 2 is 2.23 bits per heavy atom. The van der Waals surface area contributed by atoms with Crippen LogP contribution in [0.3, 0.4) is 0 Å². The number of hydrogen-bond acceptors (Lipinski definition) is 4. The Bertz CT molecular complexity index is 627. The fraction of sp³-hybridized carbons (Fsp3) is 0.333. The molecular formula is C15H16ClN3O2S. The molecule has 7 heteroatoms. The van der Waals surface area contributed by atoms with Crippen LogP contribution in [-0.4, -0.2) is 35.1 Å². The van der Waals surface area contributed by atoms with E-state index >= 15 is 0 Å². The van der Waals surface area contributed by atoms with Crippen LogP contribution in [0.25, 0.3) is 0 Å². The average molecular weight is 338 g/mol. The Morgan fingerprint density at radius 1 is 1.41 bits per heavy atom. The summed E-state index contributed by atoms with van der Waals surface area (Å²) < 4.78 is 5.89. The van der Waals surface area contributed by atoms with Gasteiger partial charge in [0.2, 0.25) is 0 Å². The zero-order valence-corrected chi connectivity index (χ0v) is 13.4. The van der Waals surface area contributed by atoms with E-state index < -0.39 is 0 Å². The summed E-state index contributed by atoms with van der Waals surface area (Å²) >= 11 is 7.56. The van der Waals surface area contributed by atoms with Gasteiger partial charge in [0.15, 0.2) is 0 Å². The van der Waals surface area contributed by atoms with Crippen molar-refractivity contribution in [3.63, 3.8) is 0 Å². The third-order valence-electron chi connectivity index (χ3n) is 3.51. The van der Waals surface area contributed by atoms with Crippen molar-refractivity contribution in [3.05, 3.63) is 41.0 Å². The predicted octanol–water partition coefficient (Wildman–Crippen LogP) is 3.87. The summed E-state index contributed by atoms with van der Waals surface area (Å²) in [5.41, 5.74) is 0. The molecule has 0 aromatic carbocycles. The summed E-state index contributed by atoms with van der Waals surface area (Å²) in [6, 6.07) is 5.52. The lowest BCUT2D eigenvalue weighted by Crippen LogP contribution is -2.43. The monoisotopic (exact) mass is 337 g/mol. The summed E-state index contributed by atoms with van der Waals surface area (Å²) in [6.07, 6.45) is 4.88. The summed E-state index contributed by atoms with van der Waals surface area (Å²) in [4.78, 5) is 17.9. The summed E-state index contributed by atoms with van der Waals surface area (Å²) in [5, 5.41) is 6.22. The van der Waals surface area contributed by atoms with Gasteiger partial charge in [-0.15, -0.1) is 11.3 Å². The zero-order chi connectivity index (χ0) is 15.4. The van der Waals surface area contributed by atoms with Crippen LogP contribution in [-0.2, 0) is 0 Å². The molecule has 0 spiro atoms. The molecule has 2 aromatic heterocycles. The number of thiophene rings is 1. The van der Waals surface area contributed by atoms with Gasteiger partial charge < -0.3 is 9.64 Å². The standard InChI is InChI=1S/C15H16ClN3O2S/c16-12-10-17-6-3-13(12)21-11-4-7-19(8-5-11)15(20)18-14-2-1-9-22-14/h1-3,6,9-11H,4-5,7-8H2,(H,18,20). The third-order valence-corrected chi connectivity index (χ3v) is 4.58. The first-order valence-corrected chi connectivity index (χ1v) is 8.34. The van der Waals surface area contributed by atoms with E-state index in [0.29, 0.717) is 23.9 Å². The Morgan fingerprint density at radius 3 is 2.91 bits per heavy atom. The molecular weight excluding hydrogens is 322 g/mol. The van der Waals surface area contributed by atoms with Crippen LogP contribution in [0.4, 0.5) is 9.80 Å². The summed E-state index contributed by atoms with van der Waals surface area (Å²) in [5.74, 6) is 0.651. The molecule has 116 valence electrons. The number of rotatable bonds is 3. The van der Waals surface area contributed by atoms with Crippen LogP contribution >= 0.6 is 22.9 Å². The van der Waals surface area contributed by atoms with Crippen molar-refractivity contribution in [3.8, 4) is 5.75 Å². The number of carbonyl (C=O) groups excluding carboxylic acids is 1. The number of anilines is 1. The maximum atomic E-state index is 12.1. The first-order chi connectivity index (χ1) is 10.7. The van der Waals surface area contributed by atoms with Gasteiger partial charge in [-0.1, -0.05) is 11.6 Å². The number of halogens is 1. The van der Waals surface area contributed by atoms with Crippen molar-refractivity contribution in [1.29, 1.82) is 0 Å². The minimum absolute atomic E-state index is 0.0529. The molecule has 1 aliphatic rings. The van der Waals surface area contributed by atoms with E-state index in [9.17, 15) is 4.79 Å². The van der Waals surface area contributed by atoms with E-state index in [2.05, 4.69) is 10.3 Å². The summed E-state index contributed by atoms with van der Waals surface area (Å²) in [6.45, 7) is 1.34. The molecule has 0 atom stereocenters. The highest BCUT2D eigenvalue weighted by atomic mass is 35.5. The summed E-state index contributed by atoms with van der Waals surface area (Å²) in [7, 11) is 0. The van der Waals surface area contributed by atoms with Gasteiger partial charge in [-0.05, 0) is 17.5 Å². The maximum Gasteiger partial charge on any atom is 0.322 e. The Hall–Kier alpha value is -1.79. The van der Waals surface area contributed by atoms with Gasteiger partial charge in [0.25, 0.3) is 0 Å². The Labute approximate surface area is 137 Å². The molecule has 2 aromatic rings. The van der Waals surface area contributed by atoms with Gasteiger partial charge in [-0.3, -0.25) is 10.3 Å². The van der Waals surface area contributed by atoms with Crippen molar-refractivity contribution in [2.75, 3.05) is 18.4 Å². The SMILES string of the molecule is O=C(Nc1cccs1)N1CCC(Oc2ccncc2Cl)CC1. The first kappa shape index (κ1) is 15.1. The van der Waals surface area contributed by atoms with E-state index in [1.165, 1.54) is 11.3 Å². The largest absolute Gasteiger partial charge is 0.489 e. The molecule has 0 aliphatic carbocycles. The highest BCUT2D eigenvalue weighted by molar-refractivity contribution is 7.14. The lowest BCUT2D eigenvalue weighted by Gasteiger charge is -2.32. The quantitative estimate of drug-likeness (QED) is 0.925. The number of nitrogens with zero attached hydrogens (tertiary/aromatic N) is 2. The van der Waals surface area contributed by atoms with E-state index in [-0.39, 0.29) is 12.1 Å². The molecule has 0 radical (unpaired) electrons. The topological polar surface area (TPSA) is 54.5 Å². The van der Waals surface area contributed by atoms with Crippen molar-refractivity contribution in [1.82, 2.24) is 9.88 Å². The van der Waals surface area contributed by atoms with Gasteiger partial charge in [0, 0.05) is 44.4 Å². The molecule has 1 fully saturated rings. The molecule has 0 bridgehead atoms.